The van der Waals surface area contributed by atoms with Crippen molar-refractivity contribution in [2.45, 2.75) is 17.7 Å². The molecule has 30 heavy (non-hydrogen) atoms. The van der Waals surface area contributed by atoms with E-state index >= 15 is 0 Å². The number of benzene rings is 2. The molecule has 2 aromatic carbocycles. The van der Waals surface area contributed by atoms with Crippen LogP contribution in [0.2, 0.25) is 5.02 Å². The fourth-order valence-corrected chi connectivity index (χ4v) is 4.33. The van der Waals surface area contributed by atoms with E-state index in [0.717, 1.165) is 18.8 Å². The van der Waals surface area contributed by atoms with Crippen LogP contribution in [0, 0.1) is 0 Å². The molecule has 1 saturated heterocycles. The number of morpholine rings is 1. The first-order valence-electron chi connectivity index (χ1n) is 9.45. The summed E-state index contributed by atoms with van der Waals surface area (Å²) in [5.74, 6) is -0.606. The van der Waals surface area contributed by atoms with Gasteiger partial charge in [-0.05, 0) is 48.9 Å². The molecule has 162 valence electrons. The molecule has 0 amide bonds. The number of carbonyl (C=O) groups is 1. The number of carboxylic acids is 1. The maximum atomic E-state index is 12.7. The predicted octanol–water partition coefficient (Wildman–Crippen LogP) is 3.22. The van der Waals surface area contributed by atoms with E-state index < -0.39 is 16.0 Å². The molecule has 1 aliphatic rings. The molecule has 2 aromatic rings. The van der Waals surface area contributed by atoms with Crippen LogP contribution < -0.4 is 14.4 Å². The number of anilines is 2. The first kappa shape index (κ1) is 22.2. The van der Waals surface area contributed by atoms with Crippen LogP contribution in [0.15, 0.2) is 47.4 Å². The van der Waals surface area contributed by atoms with Gasteiger partial charge in [0.1, 0.15) is 5.75 Å². The molecule has 0 saturated carbocycles. The zero-order valence-corrected chi connectivity index (χ0v) is 17.8. The Kier molecular flexibility index (Phi) is 7.41. The van der Waals surface area contributed by atoms with Crippen LogP contribution in [0.3, 0.4) is 0 Å². The first-order valence-corrected chi connectivity index (χ1v) is 11.3. The van der Waals surface area contributed by atoms with Crippen molar-refractivity contribution in [2.24, 2.45) is 0 Å². The highest BCUT2D eigenvalue weighted by atomic mass is 35.5. The van der Waals surface area contributed by atoms with Crippen LogP contribution >= 0.6 is 11.6 Å². The number of ether oxygens (including phenoxy) is 2. The van der Waals surface area contributed by atoms with Gasteiger partial charge in [0.15, 0.2) is 0 Å². The van der Waals surface area contributed by atoms with Crippen molar-refractivity contribution in [3.8, 4) is 5.75 Å². The van der Waals surface area contributed by atoms with E-state index in [1.807, 2.05) is 12.1 Å². The molecular weight excluding hydrogens is 432 g/mol. The van der Waals surface area contributed by atoms with Crippen LogP contribution in [0.5, 0.6) is 5.75 Å². The predicted molar refractivity (Wildman–Crippen MR) is 114 cm³/mol. The van der Waals surface area contributed by atoms with Gasteiger partial charge >= 0.3 is 5.97 Å². The van der Waals surface area contributed by atoms with Crippen LogP contribution in [0.4, 0.5) is 11.4 Å². The van der Waals surface area contributed by atoms with E-state index in [1.165, 1.54) is 18.2 Å². The molecule has 0 bridgehead atoms. The summed E-state index contributed by atoms with van der Waals surface area (Å²) >= 11 is 6.14. The molecule has 1 heterocycles. The Bertz CT molecular complexity index is 975. The topological polar surface area (TPSA) is 105 Å². The highest BCUT2D eigenvalue weighted by Gasteiger charge is 2.17. The summed E-state index contributed by atoms with van der Waals surface area (Å²) in [6.45, 7) is 3.12. The molecule has 0 atom stereocenters. The largest absolute Gasteiger partial charge is 0.492 e. The maximum absolute atomic E-state index is 12.7. The Morgan fingerprint density at radius 2 is 1.87 bits per heavy atom. The quantitative estimate of drug-likeness (QED) is 0.560. The fourth-order valence-electron chi connectivity index (χ4n) is 2.95. The molecule has 0 unspecified atom stereocenters. The van der Waals surface area contributed by atoms with Crippen molar-refractivity contribution in [1.29, 1.82) is 0 Å². The second-order valence-corrected chi connectivity index (χ2v) is 8.78. The lowest BCUT2D eigenvalue weighted by atomic mass is 10.2. The Labute approximate surface area is 180 Å². The third-order valence-corrected chi connectivity index (χ3v) is 6.18. The van der Waals surface area contributed by atoms with Gasteiger partial charge in [-0.1, -0.05) is 11.6 Å². The Morgan fingerprint density at radius 3 is 2.50 bits per heavy atom. The molecule has 1 fully saturated rings. The molecule has 3 rings (SSSR count). The number of hydrogen-bond acceptors (Lipinski definition) is 6. The lowest BCUT2D eigenvalue weighted by Gasteiger charge is -2.28. The molecule has 0 spiro atoms. The second-order valence-electron chi connectivity index (χ2n) is 6.69. The lowest BCUT2D eigenvalue weighted by molar-refractivity contribution is -0.137. The van der Waals surface area contributed by atoms with E-state index in [1.54, 1.807) is 12.1 Å². The lowest BCUT2D eigenvalue weighted by Crippen LogP contribution is -2.36. The fraction of sp³-hybridized carbons (Fsp3) is 0.350. The van der Waals surface area contributed by atoms with Crippen LogP contribution in [-0.2, 0) is 19.6 Å². The highest BCUT2D eigenvalue weighted by Crippen LogP contribution is 2.29. The minimum Gasteiger partial charge on any atom is -0.492 e. The van der Waals surface area contributed by atoms with Gasteiger partial charge < -0.3 is 19.5 Å². The zero-order chi connectivity index (χ0) is 21.6. The number of nitrogens with one attached hydrogen (secondary N) is 1. The van der Waals surface area contributed by atoms with Crippen molar-refractivity contribution in [3.63, 3.8) is 0 Å². The molecule has 8 nitrogen and oxygen atoms in total. The zero-order valence-electron chi connectivity index (χ0n) is 16.2. The van der Waals surface area contributed by atoms with E-state index in [9.17, 15) is 13.2 Å². The van der Waals surface area contributed by atoms with Gasteiger partial charge in [-0.25, -0.2) is 8.42 Å². The minimum absolute atomic E-state index is 0.00245. The monoisotopic (exact) mass is 454 g/mol. The average molecular weight is 455 g/mol. The summed E-state index contributed by atoms with van der Waals surface area (Å²) in [5, 5.41) is 8.77. The summed E-state index contributed by atoms with van der Waals surface area (Å²) in [4.78, 5) is 12.7. The number of nitrogens with zero attached hydrogens (tertiary/aromatic N) is 1. The molecule has 1 aliphatic heterocycles. The molecule has 2 N–H and O–H groups in total. The van der Waals surface area contributed by atoms with Gasteiger partial charge in [0.05, 0.1) is 29.7 Å². The molecule has 0 aromatic heterocycles. The van der Waals surface area contributed by atoms with Crippen molar-refractivity contribution in [3.05, 3.63) is 47.5 Å². The first-order chi connectivity index (χ1) is 14.3. The third kappa shape index (κ3) is 6.01. The number of rotatable bonds is 9. The Morgan fingerprint density at radius 1 is 1.17 bits per heavy atom. The SMILES string of the molecule is O=C(O)CCCOc1ccc(S(=O)(=O)Nc2ccc(N3CCOCC3)cc2)cc1Cl. The van der Waals surface area contributed by atoms with E-state index in [2.05, 4.69) is 9.62 Å². The Hall–Kier alpha value is -2.49. The number of aliphatic carboxylic acids is 1. The second kappa shape index (κ2) is 10.0. The van der Waals surface area contributed by atoms with Gasteiger partial charge in [0.25, 0.3) is 10.0 Å². The summed E-state index contributed by atoms with van der Waals surface area (Å²) < 4.78 is 38.7. The van der Waals surface area contributed by atoms with Crippen LogP contribution in [0.1, 0.15) is 12.8 Å². The van der Waals surface area contributed by atoms with Crippen molar-refractivity contribution < 1.29 is 27.8 Å². The normalized spacial score (nSPS) is 14.4. The molecule has 0 radical (unpaired) electrons. The maximum Gasteiger partial charge on any atom is 0.303 e. The van der Waals surface area contributed by atoms with Crippen molar-refractivity contribution >= 4 is 39.0 Å². The van der Waals surface area contributed by atoms with Crippen molar-refractivity contribution in [2.75, 3.05) is 42.5 Å². The molecule has 0 aliphatic carbocycles. The third-order valence-electron chi connectivity index (χ3n) is 4.50. The van der Waals surface area contributed by atoms with E-state index in [0.29, 0.717) is 31.1 Å². The van der Waals surface area contributed by atoms with Gasteiger partial charge in [-0.3, -0.25) is 9.52 Å². The van der Waals surface area contributed by atoms with Gasteiger partial charge in [-0.2, -0.15) is 0 Å². The molecule has 10 heteroatoms. The highest BCUT2D eigenvalue weighted by molar-refractivity contribution is 7.92. The number of carboxylic acid groups (broad SMARTS) is 1. The minimum atomic E-state index is -3.83. The standard InChI is InChI=1S/C20H23ClN2O6S/c21-18-14-17(7-8-19(18)29-11-1-2-20(24)25)30(26,27)22-15-3-5-16(6-4-15)23-9-12-28-13-10-23/h3-8,14,22H,1-2,9-13H2,(H,24,25). The van der Waals surface area contributed by atoms with Crippen LogP contribution in [0.25, 0.3) is 0 Å². The van der Waals surface area contributed by atoms with Crippen LogP contribution in [-0.4, -0.2) is 52.4 Å². The number of halogens is 1. The number of hydrogen-bond donors (Lipinski definition) is 2. The summed E-state index contributed by atoms with van der Waals surface area (Å²) in [5.41, 5.74) is 1.45. The van der Waals surface area contributed by atoms with Gasteiger partial charge in [-0.15, -0.1) is 0 Å². The summed E-state index contributed by atoms with van der Waals surface area (Å²) in [7, 11) is -3.83. The summed E-state index contributed by atoms with van der Waals surface area (Å²) in [6, 6.07) is 11.3. The summed E-state index contributed by atoms with van der Waals surface area (Å²) in [6.07, 6.45) is 0.312. The smallest absolute Gasteiger partial charge is 0.303 e. The molecular formula is C20H23ClN2O6S. The Balaban J connectivity index is 1.63. The van der Waals surface area contributed by atoms with Gasteiger partial charge in [0.2, 0.25) is 0 Å². The van der Waals surface area contributed by atoms with E-state index in [-0.39, 0.29) is 22.9 Å². The van der Waals surface area contributed by atoms with Crippen molar-refractivity contribution in [1.82, 2.24) is 0 Å². The number of sulfonamides is 1. The van der Waals surface area contributed by atoms with Gasteiger partial charge in [0, 0.05) is 30.9 Å². The van der Waals surface area contributed by atoms with E-state index in [4.69, 9.17) is 26.2 Å². The average Bonchev–Trinajstić information content (AvgIpc) is 2.73.